The lowest BCUT2D eigenvalue weighted by atomic mass is 9.83. The van der Waals surface area contributed by atoms with Crippen LogP contribution in [0.25, 0.3) is 11.3 Å². The molecular weight excluding hydrogens is 371 g/mol. The second-order valence-electron chi connectivity index (χ2n) is 6.67. The van der Waals surface area contributed by atoms with Gasteiger partial charge in [0.25, 0.3) is 0 Å². The molecule has 3 N–H and O–H groups in total. The van der Waals surface area contributed by atoms with Crippen molar-refractivity contribution in [1.82, 2.24) is 10.2 Å². The molecule has 3 aromatic rings. The lowest BCUT2D eigenvalue weighted by molar-refractivity contribution is 0.317. The summed E-state index contributed by atoms with van der Waals surface area (Å²) in [6.07, 6.45) is 0.924. The Balaban J connectivity index is 1.82. The number of benzene rings is 2. The number of nitrogens with zero attached hydrogens (tertiary/aromatic N) is 2. The fourth-order valence-electron chi connectivity index (χ4n) is 3.42. The van der Waals surface area contributed by atoms with Crippen LogP contribution in [0.15, 0.2) is 60.0 Å². The summed E-state index contributed by atoms with van der Waals surface area (Å²) in [5.41, 5.74) is 8.93. The second kappa shape index (κ2) is 7.68. The summed E-state index contributed by atoms with van der Waals surface area (Å²) in [4.78, 5) is 0. The number of rotatable bonds is 5. The van der Waals surface area contributed by atoms with Gasteiger partial charge in [-0.2, -0.15) is 5.26 Å². The number of nitriles is 1. The molecule has 2 heterocycles. The van der Waals surface area contributed by atoms with Crippen LogP contribution in [0.3, 0.4) is 0 Å². The van der Waals surface area contributed by atoms with Gasteiger partial charge >= 0.3 is 0 Å². The van der Waals surface area contributed by atoms with Crippen LogP contribution in [0.1, 0.15) is 30.4 Å². The van der Waals surface area contributed by atoms with E-state index in [9.17, 15) is 9.65 Å². The summed E-state index contributed by atoms with van der Waals surface area (Å²) >= 11 is 0. The lowest BCUT2D eigenvalue weighted by Crippen LogP contribution is -2.21. The number of hydrogen-bond donors (Lipinski definition) is 2. The Bertz CT molecular complexity index is 1110. The molecule has 6 nitrogen and oxygen atoms in total. The standard InChI is InChI=1S/C22H19FN4O2/c1-2-10-28-16-8-6-13(7-9-16)20-19-18(14-4-3-5-15(23)11-14)17(12-24)21(25)29-22(19)27-26-20/h3-9,11,18H,2,10,25H2,1H3,(H,26,27)/t18-/m1/s1. The summed E-state index contributed by atoms with van der Waals surface area (Å²) in [6, 6.07) is 15.7. The normalized spacial score (nSPS) is 15.4. The number of aromatic amines is 1. The highest BCUT2D eigenvalue weighted by Crippen LogP contribution is 2.45. The highest BCUT2D eigenvalue weighted by molar-refractivity contribution is 5.71. The molecule has 0 bridgehead atoms. The maximum Gasteiger partial charge on any atom is 0.244 e. The zero-order valence-electron chi connectivity index (χ0n) is 15.8. The SMILES string of the molecule is CCCOc1ccc(-c2[nH]nc3c2[C@H](c2cccc(F)c2)C(C#N)=C(N)O3)cc1. The Morgan fingerprint density at radius 2 is 2.07 bits per heavy atom. The third-order valence-corrected chi connectivity index (χ3v) is 4.74. The molecule has 1 atom stereocenters. The van der Waals surface area contributed by atoms with E-state index in [0.29, 0.717) is 23.4 Å². The van der Waals surface area contributed by atoms with Gasteiger partial charge in [0.2, 0.25) is 11.8 Å². The van der Waals surface area contributed by atoms with Gasteiger partial charge in [-0.3, -0.25) is 5.10 Å². The number of aromatic nitrogens is 2. The summed E-state index contributed by atoms with van der Waals surface area (Å²) in [5.74, 6) is 0.0227. The predicted octanol–water partition coefficient (Wildman–Crippen LogP) is 4.22. The van der Waals surface area contributed by atoms with E-state index in [2.05, 4.69) is 16.3 Å². The highest BCUT2D eigenvalue weighted by Gasteiger charge is 2.35. The fraction of sp³-hybridized carbons (Fsp3) is 0.182. The number of hydrogen-bond acceptors (Lipinski definition) is 5. The zero-order chi connectivity index (χ0) is 20.4. The molecule has 0 spiro atoms. The molecule has 146 valence electrons. The number of nitrogens with two attached hydrogens (primary N) is 1. The van der Waals surface area contributed by atoms with Crippen LogP contribution in [0.4, 0.5) is 4.39 Å². The van der Waals surface area contributed by atoms with Crippen LogP contribution in [0.2, 0.25) is 0 Å². The average molecular weight is 390 g/mol. The van der Waals surface area contributed by atoms with Crippen molar-refractivity contribution < 1.29 is 13.9 Å². The Labute approximate surface area is 167 Å². The average Bonchev–Trinajstić information content (AvgIpc) is 3.14. The number of ether oxygens (including phenoxy) is 2. The number of nitrogens with one attached hydrogen (secondary N) is 1. The number of fused-ring (bicyclic) bond motifs is 1. The van der Waals surface area contributed by atoms with Crippen LogP contribution >= 0.6 is 0 Å². The van der Waals surface area contributed by atoms with Crippen LogP contribution in [-0.2, 0) is 0 Å². The molecule has 7 heteroatoms. The van der Waals surface area contributed by atoms with E-state index >= 15 is 0 Å². The summed E-state index contributed by atoms with van der Waals surface area (Å²) in [5, 5.41) is 16.9. The van der Waals surface area contributed by atoms with Gasteiger partial charge in [0.15, 0.2) is 0 Å². The van der Waals surface area contributed by atoms with E-state index in [1.54, 1.807) is 12.1 Å². The predicted molar refractivity (Wildman–Crippen MR) is 106 cm³/mol. The van der Waals surface area contributed by atoms with E-state index in [4.69, 9.17) is 15.2 Å². The molecule has 2 aromatic carbocycles. The molecule has 0 aliphatic carbocycles. The summed E-state index contributed by atoms with van der Waals surface area (Å²) in [6.45, 7) is 2.69. The van der Waals surface area contributed by atoms with Crippen molar-refractivity contribution >= 4 is 0 Å². The first-order chi connectivity index (χ1) is 14.1. The maximum atomic E-state index is 13.9. The Hall–Kier alpha value is -3.79. The first-order valence-corrected chi connectivity index (χ1v) is 9.27. The second-order valence-corrected chi connectivity index (χ2v) is 6.67. The van der Waals surface area contributed by atoms with Crippen molar-refractivity contribution in [2.45, 2.75) is 19.3 Å². The monoisotopic (exact) mass is 390 g/mol. The van der Waals surface area contributed by atoms with Crippen LogP contribution in [0, 0.1) is 17.1 Å². The molecule has 1 aliphatic heterocycles. The molecule has 0 amide bonds. The molecule has 0 saturated heterocycles. The fourth-order valence-corrected chi connectivity index (χ4v) is 3.42. The minimum Gasteiger partial charge on any atom is -0.494 e. The topological polar surface area (TPSA) is 97.0 Å². The van der Waals surface area contributed by atoms with Gasteiger partial charge in [0.05, 0.1) is 23.8 Å². The molecule has 0 saturated carbocycles. The highest BCUT2D eigenvalue weighted by atomic mass is 19.1. The molecule has 0 unspecified atom stereocenters. The van der Waals surface area contributed by atoms with Crippen molar-refractivity contribution in [2.75, 3.05) is 6.61 Å². The van der Waals surface area contributed by atoms with E-state index in [1.807, 2.05) is 31.2 Å². The van der Waals surface area contributed by atoms with E-state index in [0.717, 1.165) is 17.7 Å². The molecule has 4 rings (SSSR count). The third-order valence-electron chi connectivity index (χ3n) is 4.74. The van der Waals surface area contributed by atoms with Crippen molar-refractivity contribution in [3.8, 4) is 29.0 Å². The number of halogens is 1. The van der Waals surface area contributed by atoms with E-state index in [1.165, 1.54) is 12.1 Å². The Morgan fingerprint density at radius 3 is 2.76 bits per heavy atom. The third kappa shape index (κ3) is 3.41. The van der Waals surface area contributed by atoms with Gasteiger partial charge in [-0.1, -0.05) is 19.1 Å². The minimum absolute atomic E-state index is 0.0318. The lowest BCUT2D eigenvalue weighted by Gasteiger charge is -2.24. The molecule has 0 fully saturated rings. The van der Waals surface area contributed by atoms with Crippen LogP contribution < -0.4 is 15.2 Å². The van der Waals surface area contributed by atoms with E-state index in [-0.39, 0.29) is 17.3 Å². The first-order valence-electron chi connectivity index (χ1n) is 9.27. The number of allylic oxidation sites excluding steroid dienone is 1. The number of H-pyrrole nitrogens is 1. The first kappa shape index (κ1) is 18.6. The van der Waals surface area contributed by atoms with Crippen LogP contribution in [-0.4, -0.2) is 16.8 Å². The minimum atomic E-state index is -0.593. The van der Waals surface area contributed by atoms with E-state index < -0.39 is 11.7 Å². The van der Waals surface area contributed by atoms with Gasteiger partial charge in [0.1, 0.15) is 23.2 Å². The van der Waals surface area contributed by atoms with Crippen molar-refractivity contribution in [3.05, 3.63) is 76.9 Å². The maximum absolute atomic E-state index is 13.9. The van der Waals surface area contributed by atoms with Gasteiger partial charge < -0.3 is 15.2 Å². The molecule has 1 aliphatic rings. The molecular formula is C22H19FN4O2. The van der Waals surface area contributed by atoms with Crippen molar-refractivity contribution in [1.29, 1.82) is 5.26 Å². The van der Waals surface area contributed by atoms with Gasteiger partial charge in [-0.15, -0.1) is 5.10 Å². The van der Waals surface area contributed by atoms with Gasteiger partial charge in [0, 0.05) is 5.56 Å². The summed E-state index contributed by atoms with van der Waals surface area (Å²) in [7, 11) is 0. The largest absolute Gasteiger partial charge is 0.494 e. The molecule has 0 radical (unpaired) electrons. The zero-order valence-corrected chi connectivity index (χ0v) is 15.8. The molecule has 1 aromatic heterocycles. The van der Waals surface area contributed by atoms with Crippen molar-refractivity contribution in [3.63, 3.8) is 0 Å². The molecule has 29 heavy (non-hydrogen) atoms. The Morgan fingerprint density at radius 1 is 1.28 bits per heavy atom. The van der Waals surface area contributed by atoms with Gasteiger partial charge in [-0.25, -0.2) is 4.39 Å². The summed E-state index contributed by atoms with van der Waals surface area (Å²) < 4.78 is 25.1. The quantitative estimate of drug-likeness (QED) is 0.680. The van der Waals surface area contributed by atoms with Crippen LogP contribution in [0.5, 0.6) is 11.6 Å². The van der Waals surface area contributed by atoms with Gasteiger partial charge in [-0.05, 0) is 48.4 Å². The van der Waals surface area contributed by atoms with Crippen molar-refractivity contribution in [2.24, 2.45) is 5.73 Å². The smallest absolute Gasteiger partial charge is 0.244 e. The Kier molecular flexibility index (Phi) is 4.92.